The van der Waals surface area contributed by atoms with Crippen LogP contribution in [-0.2, 0) is 16.0 Å². The van der Waals surface area contributed by atoms with E-state index in [4.69, 9.17) is 11.6 Å². The van der Waals surface area contributed by atoms with Crippen molar-refractivity contribution in [3.63, 3.8) is 0 Å². The highest BCUT2D eigenvalue weighted by atomic mass is 35.5. The molecule has 0 spiro atoms. The molecule has 0 aliphatic rings. The Hall–Kier alpha value is -1.23. The number of carbonyl (C=O) groups excluding carboxylic acids is 1. The fourth-order valence-electron chi connectivity index (χ4n) is 0.782. The molecule has 0 atom stereocenters. The lowest BCUT2D eigenvalue weighted by atomic mass is 10.4. The van der Waals surface area contributed by atoms with Crippen molar-refractivity contribution in [2.75, 3.05) is 7.11 Å². The molecule has 1 heterocycles. The van der Waals surface area contributed by atoms with Gasteiger partial charge in [0.15, 0.2) is 0 Å². The second kappa shape index (κ2) is 4.13. The van der Waals surface area contributed by atoms with Crippen molar-refractivity contribution in [3.05, 3.63) is 16.9 Å². The van der Waals surface area contributed by atoms with Crippen LogP contribution in [0.2, 0.25) is 5.28 Å². The highest BCUT2D eigenvalue weighted by Crippen LogP contribution is 2.02. The van der Waals surface area contributed by atoms with Crippen molar-refractivity contribution in [3.8, 4) is 0 Å². The summed E-state index contributed by atoms with van der Waals surface area (Å²) in [7, 11) is 1.30. The van der Waals surface area contributed by atoms with Crippen molar-refractivity contribution >= 4 is 17.6 Å². The Morgan fingerprint density at radius 2 is 2.15 bits per heavy atom. The lowest BCUT2D eigenvalue weighted by Crippen LogP contribution is -2.09. The average Bonchev–Trinajstić information content (AvgIpc) is 2.02. The van der Waals surface area contributed by atoms with Gasteiger partial charge in [-0.1, -0.05) is 0 Å². The Labute approximate surface area is 80.1 Å². The van der Waals surface area contributed by atoms with E-state index in [2.05, 4.69) is 19.7 Å². The van der Waals surface area contributed by atoms with E-state index in [0.717, 1.165) is 0 Å². The molecule has 0 fully saturated rings. The van der Waals surface area contributed by atoms with Gasteiger partial charge in [-0.2, -0.15) is 0 Å². The second-order valence-electron chi connectivity index (χ2n) is 2.32. The van der Waals surface area contributed by atoms with Crippen LogP contribution in [0.3, 0.4) is 0 Å². The number of rotatable bonds is 2. The molecule has 1 aromatic heterocycles. The molecule has 5 nitrogen and oxygen atoms in total. The predicted molar refractivity (Wildman–Crippen MR) is 45.3 cm³/mol. The van der Waals surface area contributed by atoms with Gasteiger partial charge in [-0.3, -0.25) is 4.79 Å². The standard InChI is InChI=1S/C7H8ClN3O2/c1-4-9-5(3-6(12)13-2)11-7(8)10-4/h3H2,1-2H3. The number of carbonyl (C=O) groups is 1. The Morgan fingerprint density at radius 1 is 1.46 bits per heavy atom. The van der Waals surface area contributed by atoms with Gasteiger partial charge >= 0.3 is 5.97 Å². The van der Waals surface area contributed by atoms with Gasteiger partial charge in [0.2, 0.25) is 5.28 Å². The van der Waals surface area contributed by atoms with Gasteiger partial charge in [0.05, 0.1) is 7.11 Å². The molecule has 0 saturated heterocycles. The second-order valence-corrected chi connectivity index (χ2v) is 2.66. The van der Waals surface area contributed by atoms with Crippen molar-refractivity contribution < 1.29 is 9.53 Å². The summed E-state index contributed by atoms with van der Waals surface area (Å²) in [4.78, 5) is 22.3. The lowest BCUT2D eigenvalue weighted by molar-refractivity contribution is -0.139. The monoisotopic (exact) mass is 201 g/mol. The van der Waals surface area contributed by atoms with Crippen molar-refractivity contribution in [2.24, 2.45) is 0 Å². The smallest absolute Gasteiger partial charge is 0.313 e. The minimum Gasteiger partial charge on any atom is -0.469 e. The number of hydrogen-bond donors (Lipinski definition) is 0. The first-order valence-electron chi connectivity index (χ1n) is 3.55. The highest BCUT2D eigenvalue weighted by molar-refractivity contribution is 6.28. The van der Waals surface area contributed by atoms with Crippen molar-refractivity contribution in [2.45, 2.75) is 13.3 Å². The molecule has 0 amide bonds. The summed E-state index contributed by atoms with van der Waals surface area (Å²) >= 11 is 5.56. The van der Waals surface area contributed by atoms with Crippen LogP contribution in [0, 0.1) is 6.92 Å². The molecule has 0 aromatic carbocycles. The highest BCUT2D eigenvalue weighted by Gasteiger charge is 2.07. The SMILES string of the molecule is COC(=O)Cc1nc(C)nc(Cl)n1. The largest absolute Gasteiger partial charge is 0.469 e. The summed E-state index contributed by atoms with van der Waals surface area (Å²) in [5.41, 5.74) is 0. The molecule has 0 aliphatic heterocycles. The minimum absolute atomic E-state index is 0.0135. The summed E-state index contributed by atoms with van der Waals surface area (Å²) in [5, 5.41) is 0.0893. The summed E-state index contributed by atoms with van der Waals surface area (Å²) < 4.78 is 4.45. The topological polar surface area (TPSA) is 65.0 Å². The molecule has 1 aromatic rings. The average molecular weight is 202 g/mol. The van der Waals surface area contributed by atoms with Gasteiger partial charge in [-0.05, 0) is 18.5 Å². The van der Waals surface area contributed by atoms with Crippen LogP contribution in [0.5, 0.6) is 0 Å². The third-order valence-electron chi connectivity index (χ3n) is 1.30. The maximum absolute atomic E-state index is 10.8. The zero-order valence-corrected chi connectivity index (χ0v) is 8.00. The quantitative estimate of drug-likeness (QED) is 0.654. The molecule has 0 N–H and O–H groups in total. The van der Waals surface area contributed by atoms with Crippen LogP contribution in [0.25, 0.3) is 0 Å². The summed E-state index contributed by atoms with van der Waals surface area (Å²) in [5.74, 6) is 0.407. The molecular weight excluding hydrogens is 194 g/mol. The fourth-order valence-corrected chi connectivity index (χ4v) is 1.00. The van der Waals surface area contributed by atoms with Gasteiger partial charge in [-0.25, -0.2) is 15.0 Å². The molecule has 70 valence electrons. The third kappa shape index (κ3) is 2.95. The van der Waals surface area contributed by atoms with Crippen LogP contribution in [0.4, 0.5) is 0 Å². The number of nitrogens with zero attached hydrogens (tertiary/aromatic N) is 3. The van der Waals surface area contributed by atoms with Gasteiger partial charge in [0.1, 0.15) is 18.1 Å². The number of ether oxygens (including phenoxy) is 1. The zero-order chi connectivity index (χ0) is 9.84. The number of aryl methyl sites for hydroxylation is 1. The first kappa shape index (κ1) is 9.85. The lowest BCUT2D eigenvalue weighted by Gasteiger charge is -1.99. The molecule has 1 rings (SSSR count). The van der Waals surface area contributed by atoms with E-state index in [9.17, 15) is 4.79 Å². The van der Waals surface area contributed by atoms with Crippen LogP contribution < -0.4 is 0 Å². The van der Waals surface area contributed by atoms with E-state index in [-0.39, 0.29) is 11.7 Å². The van der Waals surface area contributed by atoms with E-state index in [1.165, 1.54) is 7.11 Å². The number of esters is 1. The normalized spacial score (nSPS) is 9.77. The van der Waals surface area contributed by atoms with E-state index < -0.39 is 5.97 Å². The minimum atomic E-state index is -0.401. The maximum atomic E-state index is 10.8. The molecule has 0 radical (unpaired) electrons. The number of halogens is 1. The van der Waals surface area contributed by atoms with E-state index in [1.807, 2.05) is 0 Å². The fraction of sp³-hybridized carbons (Fsp3) is 0.429. The number of methoxy groups -OCH3 is 1. The molecular formula is C7H8ClN3O2. The van der Waals surface area contributed by atoms with Crippen molar-refractivity contribution in [1.29, 1.82) is 0 Å². The van der Waals surface area contributed by atoms with Crippen molar-refractivity contribution in [1.82, 2.24) is 15.0 Å². The van der Waals surface area contributed by atoms with E-state index in [0.29, 0.717) is 11.6 Å². The number of aromatic nitrogens is 3. The van der Waals surface area contributed by atoms with Gasteiger partial charge < -0.3 is 4.74 Å². The summed E-state index contributed by atoms with van der Waals surface area (Å²) in [6.45, 7) is 1.67. The Bertz CT molecular complexity index is 309. The molecule has 0 aliphatic carbocycles. The van der Waals surface area contributed by atoms with Crippen LogP contribution in [0.15, 0.2) is 0 Å². The molecule has 0 unspecified atom stereocenters. The van der Waals surface area contributed by atoms with Gasteiger partial charge in [-0.15, -0.1) is 0 Å². The molecule has 13 heavy (non-hydrogen) atoms. The Morgan fingerprint density at radius 3 is 2.69 bits per heavy atom. The van der Waals surface area contributed by atoms with Crippen LogP contribution >= 0.6 is 11.6 Å². The Balaban J connectivity index is 2.83. The third-order valence-corrected chi connectivity index (χ3v) is 1.47. The van der Waals surface area contributed by atoms with Crippen LogP contribution in [0.1, 0.15) is 11.6 Å². The first-order valence-corrected chi connectivity index (χ1v) is 3.93. The van der Waals surface area contributed by atoms with E-state index >= 15 is 0 Å². The predicted octanol–water partition coefficient (Wildman–Crippen LogP) is 0.549. The van der Waals surface area contributed by atoms with Gasteiger partial charge in [0, 0.05) is 0 Å². The summed E-state index contributed by atoms with van der Waals surface area (Å²) in [6.07, 6.45) is 0.0135. The molecule has 0 saturated carbocycles. The Kier molecular flexibility index (Phi) is 3.13. The van der Waals surface area contributed by atoms with E-state index in [1.54, 1.807) is 6.92 Å². The number of hydrogen-bond acceptors (Lipinski definition) is 5. The molecule has 6 heteroatoms. The first-order chi connectivity index (χ1) is 6.11. The van der Waals surface area contributed by atoms with Crippen LogP contribution in [-0.4, -0.2) is 28.0 Å². The maximum Gasteiger partial charge on any atom is 0.313 e. The molecule has 0 bridgehead atoms. The zero-order valence-electron chi connectivity index (χ0n) is 7.24. The summed E-state index contributed by atoms with van der Waals surface area (Å²) in [6, 6.07) is 0. The van der Waals surface area contributed by atoms with Gasteiger partial charge in [0.25, 0.3) is 0 Å².